The molecule has 4 nitrogen and oxygen atoms in total. The van der Waals surface area contributed by atoms with Crippen molar-refractivity contribution in [2.45, 2.75) is 23.9 Å². The van der Waals surface area contributed by atoms with Crippen LogP contribution < -0.4 is 10.5 Å². The van der Waals surface area contributed by atoms with Gasteiger partial charge in [0.2, 0.25) is 10.0 Å². The molecular formula is C27H28N2O2RuS+2. The summed E-state index contributed by atoms with van der Waals surface area (Å²) in [5.41, 5.74) is 9.15. The van der Waals surface area contributed by atoms with Gasteiger partial charge in [0.1, 0.15) is 0 Å². The van der Waals surface area contributed by atoms with Crippen LogP contribution in [0.15, 0.2) is 126 Å². The minimum Gasteiger partial charge on any atom is -0.322 e. The Kier molecular flexibility index (Phi) is 10.6. The van der Waals surface area contributed by atoms with Crippen LogP contribution in [0.4, 0.5) is 0 Å². The molecule has 0 heterocycles. The van der Waals surface area contributed by atoms with Crippen molar-refractivity contribution in [2.75, 3.05) is 0 Å². The second-order valence-electron chi connectivity index (χ2n) is 7.41. The molecule has 4 aromatic carbocycles. The maximum absolute atomic E-state index is 12.9. The van der Waals surface area contributed by atoms with Crippen molar-refractivity contribution in [2.24, 2.45) is 5.73 Å². The summed E-state index contributed by atoms with van der Waals surface area (Å²) in [6.45, 7) is 1.92. The molecule has 2 atom stereocenters. The molecule has 3 N–H and O–H groups in total. The monoisotopic (exact) mass is 546 g/mol. The largest absolute Gasteiger partial charge is 2.00 e. The fourth-order valence-electron chi connectivity index (χ4n) is 3.21. The first kappa shape index (κ1) is 26.6. The summed E-state index contributed by atoms with van der Waals surface area (Å²) >= 11 is 0. The van der Waals surface area contributed by atoms with Crippen LogP contribution in [-0.2, 0) is 29.5 Å². The molecule has 0 aliphatic heterocycles. The number of aryl methyl sites for hydroxylation is 1. The van der Waals surface area contributed by atoms with Crippen LogP contribution in [0.1, 0.15) is 28.8 Å². The number of sulfonamides is 1. The molecule has 0 amide bonds. The zero-order chi connectivity index (χ0) is 22.8. The molecule has 0 unspecified atom stereocenters. The first-order valence-corrected chi connectivity index (χ1v) is 11.9. The smallest absolute Gasteiger partial charge is 0.322 e. The van der Waals surface area contributed by atoms with E-state index >= 15 is 0 Å². The van der Waals surface area contributed by atoms with Crippen LogP contribution in [0.25, 0.3) is 0 Å². The predicted molar refractivity (Wildman–Crippen MR) is 130 cm³/mol. The van der Waals surface area contributed by atoms with E-state index in [0.717, 1.165) is 16.7 Å². The summed E-state index contributed by atoms with van der Waals surface area (Å²) in [5.74, 6) is 0. The van der Waals surface area contributed by atoms with E-state index in [2.05, 4.69) is 4.72 Å². The third kappa shape index (κ3) is 8.02. The molecule has 0 aliphatic carbocycles. The average molecular weight is 546 g/mol. The number of benzene rings is 4. The summed E-state index contributed by atoms with van der Waals surface area (Å²) in [6.07, 6.45) is 0. The first-order chi connectivity index (χ1) is 15.5. The van der Waals surface area contributed by atoms with E-state index in [1.165, 1.54) is 0 Å². The second-order valence-corrected chi connectivity index (χ2v) is 9.13. The third-order valence-electron chi connectivity index (χ3n) is 4.98. The zero-order valence-corrected chi connectivity index (χ0v) is 20.9. The van der Waals surface area contributed by atoms with Gasteiger partial charge in [0.15, 0.2) is 0 Å². The van der Waals surface area contributed by atoms with Gasteiger partial charge < -0.3 is 5.73 Å². The zero-order valence-electron chi connectivity index (χ0n) is 18.4. The molecule has 6 heteroatoms. The fourth-order valence-corrected chi connectivity index (χ4v) is 4.46. The number of hydrogen-bond acceptors (Lipinski definition) is 3. The van der Waals surface area contributed by atoms with E-state index in [1.54, 1.807) is 24.3 Å². The molecule has 4 aromatic rings. The molecule has 0 aliphatic rings. The Labute approximate surface area is 209 Å². The minimum atomic E-state index is -3.71. The van der Waals surface area contributed by atoms with Gasteiger partial charge in [-0.25, -0.2) is 13.1 Å². The Balaban J connectivity index is 0.000000479. The van der Waals surface area contributed by atoms with Crippen LogP contribution in [0.3, 0.4) is 0 Å². The van der Waals surface area contributed by atoms with Crippen molar-refractivity contribution in [1.29, 1.82) is 0 Å². The van der Waals surface area contributed by atoms with Crippen molar-refractivity contribution in [1.82, 2.24) is 4.72 Å². The Morgan fingerprint density at radius 2 is 1.03 bits per heavy atom. The molecule has 0 spiro atoms. The molecule has 0 fully saturated rings. The summed E-state index contributed by atoms with van der Waals surface area (Å²) in [4.78, 5) is 0.226. The van der Waals surface area contributed by atoms with Crippen LogP contribution in [-0.4, -0.2) is 8.42 Å². The summed E-state index contributed by atoms with van der Waals surface area (Å²) in [5, 5.41) is 0. The van der Waals surface area contributed by atoms with Crippen LogP contribution in [0, 0.1) is 6.92 Å². The molecule has 0 aromatic heterocycles. The number of nitrogens with two attached hydrogens (primary N) is 1. The quantitative estimate of drug-likeness (QED) is 0.319. The Bertz CT molecular complexity index is 1140. The molecule has 0 saturated carbocycles. The fraction of sp³-hybridized carbons (Fsp3) is 0.111. The average Bonchev–Trinajstić information content (AvgIpc) is 2.85. The minimum absolute atomic E-state index is 0. The molecule has 0 saturated heterocycles. The molecular weight excluding hydrogens is 517 g/mol. The number of hydrogen-bond donors (Lipinski definition) is 2. The van der Waals surface area contributed by atoms with E-state index in [1.807, 2.05) is 104 Å². The maximum Gasteiger partial charge on any atom is 2.00 e. The van der Waals surface area contributed by atoms with Crippen LogP contribution in [0.2, 0.25) is 0 Å². The van der Waals surface area contributed by atoms with Gasteiger partial charge in [-0.3, -0.25) is 0 Å². The second kappa shape index (κ2) is 13.2. The van der Waals surface area contributed by atoms with Gasteiger partial charge in [-0.2, -0.15) is 0 Å². The van der Waals surface area contributed by atoms with Gasteiger partial charge in [0.25, 0.3) is 0 Å². The summed E-state index contributed by atoms with van der Waals surface area (Å²) in [7, 11) is -3.71. The van der Waals surface area contributed by atoms with Gasteiger partial charge in [0, 0.05) is 0 Å². The van der Waals surface area contributed by atoms with Gasteiger partial charge in [0.05, 0.1) is 17.0 Å². The van der Waals surface area contributed by atoms with Crippen molar-refractivity contribution >= 4 is 10.0 Å². The molecule has 0 radical (unpaired) electrons. The Morgan fingerprint density at radius 3 is 1.48 bits per heavy atom. The molecule has 4 rings (SSSR count). The topological polar surface area (TPSA) is 72.2 Å². The normalized spacial score (nSPS) is 12.4. The number of rotatable bonds is 6. The van der Waals surface area contributed by atoms with E-state index in [4.69, 9.17) is 5.73 Å². The van der Waals surface area contributed by atoms with E-state index in [-0.39, 0.29) is 24.4 Å². The number of nitrogens with one attached hydrogen (secondary N) is 1. The molecule has 170 valence electrons. The predicted octanol–water partition coefficient (Wildman–Crippen LogP) is 5.40. The van der Waals surface area contributed by atoms with E-state index in [0.29, 0.717) is 0 Å². The Hall–Kier alpha value is -2.63. The van der Waals surface area contributed by atoms with E-state index in [9.17, 15) is 8.42 Å². The van der Waals surface area contributed by atoms with Crippen LogP contribution in [0.5, 0.6) is 0 Å². The van der Waals surface area contributed by atoms with Crippen molar-refractivity contribution in [3.63, 3.8) is 0 Å². The van der Waals surface area contributed by atoms with E-state index < -0.39 is 22.1 Å². The van der Waals surface area contributed by atoms with Gasteiger partial charge in [-0.1, -0.05) is 115 Å². The summed E-state index contributed by atoms with van der Waals surface area (Å²) < 4.78 is 28.6. The maximum atomic E-state index is 12.9. The van der Waals surface area contributed by atoms with Gasteiger partial charge in [-0.05, 0) is 30.2 Å². The van der Waals surface area contributed by atoms with Crippen LogP contribution >= 0.6 is 0 Å². The van der Waals surface area contributed by atoms with Crippen molar-refractivity contribution in [3.8, 4) is 0 Å². The van der Waals surface area contributed by atoms with Gasteiger partial charge in [-0.15, -0.1) is 0 Å². The third-order valence-corrected chi connectivity index (χ3v) is 6.44. The molecule has 0 bridgehead atoms. The van der Waals surface area contributed by atoms with Crippen molar-refractivity contribution in [3.05, 3.63) is 138 Å². The standard InChI is InChI=1S/C21H22N2O2S.C6H6.Ru/c1-16-12-14-19(15-13-16)26(24,25)23-21(18-10-6-3-7-11-18)20(22)17-8-4-2-5-9-17;1-2-4-6-5-3-1;/h2-15,20-21,23H,22H2,1H3;1-6H;/q;;+2/t20-,21-;;/m0../s1. The Morgan fingerprint density at radius 1 is 0.636 bits per heavy atom. The van der Waals surface area contributed by atoms with Crippen molar-refractivity contribution < 1.29 is 27.9 Å². The first-order valence-electron chi connectivity index (χ1n) is 10.4. The van der Waals surface area contributed by atoms with Gasteiger partial charge >= 0.3 is 19.5 Å². The molecule has 33 heavy (non-hydrogen) atoms. The summed E-state index contributed by atoms with van der Waals surface area (Å²) in [6, 6.07) is 36.6. The SMILES string of the molecule is Cc1ccc(S(=O)(=O)N[C@@H](c2ccccc2)[C@@H](N)c2ccccc2)cc1.[Ru+2].c1ccccc1.